The summed E-state index contributed by atoms with van der Waals surface area (Å²) in [5, 5.41) is 0. The van der Waals surface area contributed by atoms with Gasteiger partial charge in [-0.2, -0.15) is 0 Å². The lowest BCUT2D eigenvalue weighted by Crippen LogP contribution is -2.26. The van der Waals surface area contributed by atoms with Crippen LogP contribution in [0.4, 0.5) is 0 Å². The summed E-state index contributed by atoms with van der Waals surface area (Å²) in [6, 6.07) is 1.97. The second-order valence-electron chi connectivity index (χ2n) is 2.97. The van der Waals surface area contributed by atoms with Crippen molar-refractivity contribution < 1.29 is 9.15 Å². The molecule has 0 spiro atoms. The molecule has 1 unspecified atom stereocenters. The standard InChI is InChI=1S/C10H17NO2S/c1-3-12-9(6-11)7-14-10-4-5-13-8(10)2/h4-5,9H,3,6-7,11H2,1-2H3. The van der Waals surface area contributed by atoms with Gasteiger partial charge in [-0.05, 0) is 19.9 Å². The molecule has 1 aromatic heterocycles. The van der Waals surface area contributed by atoms with Gasteiger partial charge in [-0.3, -0.25) is 0 Å². The summed E-state index contributed by atoms with van der Waals surface area (Å²) in [7, 11) is 0. The van der Waals surface area contributed by atoms with E-state index >= 15 is 0 Å². The summed E-state index contributed by atoms with van der Waals surface area (Å²) in [6.45, 7) is 5.22. The molecule has 0 fully saturated rings. The van der Waals surface area contributed by atoms with Gasteiger partial charge in [0.1, 0.15) is 5.76 Å². The van der Waals surface area contributed by atoms with Gasteiger partial charge in [-0.15, -0.1) is 11.8 Å². The number of nitrogens with two attached hydrogens (primary N) is 1. The molecule has 0 bridgehead atoms. The molecule has 1 aromatic rings. The van der Waals surface area contributed by atoms with Crippen LogP contribution >= 0.6 is 11.8 Å². The summed E-state index contributed by atoms with van der Waals surface area (Å²) in [4.78, 5) is 1.17. The van der Waals surface area contributed by atoms with Gasteiger partial charge in [0.05, 0.1) is 12.4 Å². The van der Waals surface area contributed by atoms with Crippen LogP contribution in [0.3, 0.4) is 0 Å². The maximum atomic E-state index is 5.57. The number of furan rings is 1. The van der Waals surface area contributed by atoms with Crippen LogP contribution in [0.25, 0.3) is 0 Å². The van der Waals surface area contributed by atoms with Gasteiger partial charge < -0.3 is 14.9 Å². The van der Waals surface area contributed by atoms with Crippen LogP contribution in [0, 0.1) is 6.92 Å². The van der Waals surface area contributed by atoms with E-state index in [4.69, 9.17) is 14.9 Å². The Kier molecular flexibility index (Phi) is 5.07. The summed E-state index contributed by atoms with van der Waals surface area (Å²) < 4.78 is 10.7. The van der Waals surface area contributed by atoms with Gasteiger partial charge in [-0.25, -0.2) is 0 Å². The van der Waals surface area contributed by atoms with Crippen molar-refractivity contribution in [1.82, 2.24) is 0 Å². The highest BCUT2D eigenvalue weighted by Crippen LogP contribution is 2.23. The second-order valence-corrected chi connectivity index (χ2v) is 4.03. The minimum atomic E-state index is 0.138. The lowest BCUT2D eigenvalue weighted by molar-refractivity contribution is 0.0858. The lowest BCUT2D eigenvalue weighted by Gasteiger charge is -2.13. The molecule has 2 N–H and O–H groups in total. The third-order valence-electron chi connectivity index (χ3n) is 1.90. The van der Waals surface area contributed by atoms with E-state index in [0.29, 0.717) is 13.2 Å². The Labute approximate surface area is 89.0 Å². The normalized spacial score (nSPS) is 13.1. The SMILES string of the molecule is CCOC(CN)CSc1ccoc1C. The minimum Gasteiger partial charge on any atom is -0.468 e. The molecule has 0 saturated carbocycles. The van der Waals surface area contributed by atoms with Crippen molar-refractivity contribution in [3.05, 3.63) is 18.1 Å². The number of hydrogen-bond donors (Lipinski definition) is 1. The Morgan fingerprint density at radius 2 is 2.43 bits per heavy atom. The van der Waals surface area contributed by atoms with Gasteiger partial charge in [-0.1, -0.05) is 0 Å². The molecule has 0 saturated heterocycles. The third kappa shape index (κ3) is 3.36. The fourth-order valence-corrected chi connectivity index (χ4v) is 2.13. The average Bonchev–Trinajstić information content (AvgIpc) is 2.59. The largest absolute Gasteiger partial charge is 0.468 e. The third-order valence-corrected chi connectivity index (χ3v) is 3.17. The number of aryl methyl sites for hydroxylation is 1. The Morgan fingerprint density at radius 1 is 1.64 bits per heavy atom. The summed E-state index contributed by atoms with van der Waals surface area (Å²) in [6.07, 6.45) is 1.84. The maximum absolute atomic E-state index is 5.57. The molecule has 0 radical (unpaired) electrons. The fraction of sp³-hybridized carbons (Fsp3) is 0.600. The van der Waals surface area contributed by atoms with E-state index in [1.54, 1.807) is 18.0 Å². The highest BCUT2D eigenvalue weighted by molar-refractivity contribution is 7.99. The average molecular weight is 215 g/mol. The van der Waals surface area contributed by atoms with Crippen molar-refractivity contribution in [2.75, 3.05) is 18.9 Å². The number of hydrogen-bond acceptors (Lipinski definition) is 4. The van der Waals surface area contributed by atoms with E-state index < -0.39 is 0 Å². The molecule has 80 valence electrons. The van der Waals surface area contributed by atoms with Crippen LogP contribution in [0.15, 0.2) is 21.6 Å². The van der Waals surface area contributed by atoms with Gasteiger partial charge >= 0.3 is 0 Å². The number of ether oxygens (including phenoxy) is 1. The van der Waals surface area contributed by atoms with Crippen molar-refractivity contribution in [1.29, 1.82) is 0 Å². The lowest BCUT2D eigenvalue weighted by atomic mass is 10.4. The van der Waals surface area contributed by atoms with Crippen molar-refractivity contribution in [3.8, 4) is 0 Å². The first-order chi connectivity index (χ1) is 6.77. The molecule has 1 heterocycles. The quantitative estimate of drug-likeness (QED) is 0.738. The number of rotatable bonds is 6. The van der Waals surface area contributed by atoms with Gasteiger partial charge in [0, 0.05) is 23.8 Å². The number of thioether (sulfide) groups is 1. The topological polar surface area (TPSA) is 48.4 Å². The molecule has 14 heavy (non-hydrogen) atoms. The highest BCUT2D eigenvalue weighted by Gasteiger charge is 2.08. The molecule has 1 atom stereocenters. The Hall–Kier alpha value is -0.450. The fourth-order valence-electron chi connectivity index (χ4n) is 1.13. The van der Waals surface area contributed by atoms with E-state index in [1.807, 2.05) is 19.9 Å². The molecule has 0 aliphatic rings. The summed E-state index contributed by atoms with van der Waals surface area (Å²) in [5.41, 5.74) is 5.57. The molecular weight excluding hydrogens is 198 g/mol. The van der Waals surface area contributed by atoms with E-state index in [1.165, 1.54) is 4.90 Å². The zero-order valence-corrected chi connectivity index (χ0v) is 9.47. The summed E-state index contributed by atoms with van der Waals surface area (Å²) >= 11 is 1.73. The zero-order chi connectivity index (χ0) is 10.4. The van der Waals surface area contributed by atoms with Crippen LogP contribution in [0.5, 0.6) is 0 Å². The Balaban J connectivity index is 2.35. The molecule has 0 aromatic carbocycles. The van der Waals surface area contributed by atoms with Gasteiger partial charge in [0.2, 0.25) is 0 Å². The molecule has 0 aliphatic carbocycles. The molecule has 1 rings (SSSR count). The predicted molar refractivity (Wildman–Crippen MR) is 58.6 cm³/mol. The van der Waals surface area contributed by atoms with Crippen LogP contribution in [-0.4, -0.2) is 25.0 Å². The van der Waals surface area contributed by atoms with Crippen molar-refractivity contribution in [2.45, 2.75) is 24.8 Å². The Morgan fingerprint density at radius 3 is 2.93 bits per heavy atom. The van der Waals surface area contributed by atoms with E-state index in [2.05, 4.69) is 0 Å². The van der Waals surface area contributed by atoms with Crippen LogP contribution in [-0.2, 0) is 4.74 Å². The van der Waals surface area contributed by atoms with Crippen molar-refractivity contribution in [3.63, 3.8) is 0 Å². The van der Waals surface area contributed by atoms with Crippen LogP contribution in [0.1, 0.15) is 12.7 Å². The van der Waals surface area contributed by atoms with Crippen molar-refractivity contribution in [2.24, 2.45) is 5.73 Å². The van der Waals surface area contributed by atoms with E-state index in [0.717, 1.165) is 11.5 Å². The first-order valence-corrected chi connectivity index (χ1v) is 5.75. The smallest absolute Gasteiger partial charge is 0.114 e. The second kappa shape index (κ2) is 6.11. The van der Waals surface area contributed by atoms with E-state index in [9.17, 15) is 0 Å². The molecular formula is C10H17NO2S. The van der Waals surface area contributed by atoms with Gasteiger partial charge in [0.15, 0.2) is 0 Å². The molecule has 0 amide bonds. The monoisotopic (exact) mass is 215 g/mol. The van der Waals surface area contributed by atoms with Gasteiger partial charge in [0.25, 0.3) is 0 Å². The summed E-state index contributed by atoms with van der Waals surface area (Å²) in [5.74, 6) is 1.84. The zero-order valence-electron chi connectivity index (χ0n) is 8.66. The first kappa shape index (κ1) is 11.6. The molecule has 4 heteroatoms. The van der Waals surface area contributed by atoms with E-state index in [-0.39, 0.29) is 6.10 Å². The first-order valence-electron chi connectivity index (χ1n) is 4.76. The maximum Gasteiger partial charge on any atom is 0.114 e. The van der Waals surface area contributed by atoms with Crippen LogP contribution in [0.2, 0.25) is 0 Å². The Bertz CT molecular complexity index is 262. The minimum absolute atomic E-state index is 0.138. The van der Waals surface area contributed by atoms with Crippen molar-refractivity contribution >= 4 is 11.8 Å². The molecule has 3 nitrogen and oxygen atoms in total. The predicted octanol–water partition coefficient (Wildman–Crippen LogP) is 2.04. The highest BCUT2D eigenvalue weighted by atomic mass is 32.2. The molecule has 0 aliphatic heterocycles. The van der Waals surface area contributed by atoms with Crippen LogP contribution < -0.4 is 5.73 Å².